The molecule has 132 valence electrons. The van der Waals surface area contributed by atoms with Crippen molar-refractivity contribution < 1.29 is 0 Å². The first-order valence-corrected chi connectivity index (χ1v) is 9.69. The van der Waals surface area contributed by atoms with E-state index in [9.17, 15) is 0 Å². The van der Waals surface area contributed by atoms with Crippen LogP contribution in [0.3, 0.4) is 0 Å². The molecular weight excluding hydrogens is 328 g/mol. The molecule has 0 bridgehead atoms. The van der Waals surface area contributed by atoms with E-state index in [0.29, 0.717) is 0 Å². The number of anilines is 1. The molecule has 1 aliphatic rings. The Morgan fingerprint density at radius 3 is 1.89 bits per heavy atom. The fourth-order valence-electron chi connectivity index (χ4n) is 4.00. The molecule has 4 aromatic rings. The third kappa shape index (κ3) is 3.08. The van der Waals surface area contributed by atoms with Crippen molar-refractivity contribution in [1.82, 2.24) is 4.98 Å². The van der Waals surface area contributed by atoms with Crippen LogP contribution in [0.5, 0.6) is 0 Å². The summed E-state index contributed by atoms with van der Waals surface area (Å²) in [4.78, 5) is 7.28. The summed E-state index contributed by atoms with van der Waals surface area (Å²) in [5, 5.41) is 2.39. The zero-order valence-electron chi connectivity index (χ0n) is 15.3. The van der Waals surface area contributed by atoms with Gasteiger partial charge in [0.15, 0.2) is 0 Å². The molecule has 0 aliphatic carbocycles. The van der Waals surface area contributed by atoms with Crippen molar-refractivity contribution in [1.29, 1.82) is 0 Å². The number of rotatable bonds is 3. The lowest BCUT2D eigenvalue weighted by atomic mass is 10.0. The van der Waals surface area contributed by atoms with Gasteiger partial charge in [0.1, 0.15) is 0 Å². The minimum Gasteiger partial charge on any atom is -0.372 e. The number of fused-ring (bicyclic) bond motifs is 2. The minimum absolute atomic E-state index is 1.04. The van der Waals surface area contributed by atoms with Crippen molar-refractivity contribution in [2.45, 2.75) is 12.8 Å². The molecule has 2 heterocycles. The van der Waals surface area contributed by atoms with E-state index in [2.05, 4.69) is 89.8 Å². The Hall–Kier alpha value is -3.13. The SMILES string of the molecule is C(=C\c1c2ccccc2nc2ccccc12)/c1ccc(N2CCCC2)cc1. The monoisotopic (exact) mass is 350 g/mol. The highest BCUT2D eigenvalue weighted by molar-refractivity contribution is 6.04. The van der Waals surface area contributed by atoms with E-state index in [1.165, 1.54) is 53.5 Å². The Bertz CT molecular complexity index is 1070. The average Bonchev–Trinajstić information content (AvgIpc) is 3.26. The Labute approximate surface area is 159 Å². The van der Waals surface area contributed by atoms with E-state index in [-0.39, 0.29) is 0 Å². The van der Waals surface area contributed by atoms with E-state index < -0.39 is 0 Å². The first-order valence-electron chi connectivity index (χ1n) is 9.69. The van der Waals surface area contributed by atoms with Crippen molar-refractivity contribution in [2.75, 3.05) is 18.0 Å². The number of nitrogens with zero attached hydrogens (tertiary/aromatic N) is 2. The first kappa shape index (κ1) is 16.1. The molecule has 0 N–H and O–H groups in total. The molecule has 0 amide bonds. The number of hydrogen-bond donors (Lipinski definition) is 0. The van der Waals surface area contributed by atoms with Crippen molar-refractivity contribution in [3.63, 3.8) is 0 Å². The van der Waals surface area contributed by atoms with Gasteiger partial charge in [-0.25, -0.2) is 4.98 Å². The lowest BCUT2D eigenvalue weighted by molar-refractivity contribution is 0.949. The summed E-state index contributed by atoms with van der Waals surface area (Å²) >= 11 is 0. The van der Waals surface area contributed by atoms with Crippen molar-refractivity contribution in [3.05, 3.63) is 83.9 Å². The Kier molecular flexibility index (Phi) is 4.10. The second-order valence-electron chi connectivity index (χ2n) is 7.18. The van der Waals surface area contributed by atoms with Crippen molar-refractivity contribution in [2.24, 2.45) is 0 Å². The van der Waals surface area contributed by atoms with Crippen LogP contribution in [0.15, 0.2) is 72.8 Å². The van der Waals surface area contributed by atoms with E-state index in [0.717, 1.165) is 11.0 Å². The smallest absolute Gasteiger partial charge is 0.0715 e. The summed E-state index contributed by atoms with van der Waals surface area (Å²) in [5.74, 6) is 0. The van der Waals surface area contributed by atoms with Gasteiger partial charge in [-0.3, -0.25) is 0 Å². The second-order valence-corrected chi connectivity index (χ2v) is 7.18. The number of para-hydroxylation sites is 2. The average molecular weight is 350 g/mol. The predicted molar refractivity (Wildman–Crippen MR) is 116 cm³/mol. The lowest BCUT2D eigenvalue weighted by Crippen LogP contribution is -2.17. The van der Waals surface area contributed by atoms with Gasteiger partial charge in [-0.2, -0.15) is 0 Å². The van der Waals surface area contributed by atoms with Crippen molar-refractivity contribution in [3.8, 4) is 0 Å². The molecule has 2 heteroatoms. The van der Waals surface area contributed by atoms with Gasteiger partial charge in [0.2, 0.25) is 0 Å². The van der Waals surface area contributed by atoms with Gasteiger partial charge in [-0.05, 0) is 48.2 Å². The molecule has 3 aromatic carbocycles. The quantitative estimate of drug-likeness (QED) is 0.411. The molecule has 1 fully saturated rings. The Morgan fingerprint density at radius 1 is 0.667 bits per heavy atom. The summed E-state index contributed by atoms with van der Waals surface area (Å²) in [7, 11) is 0. The minimum atomic E-state index is 1.04. The molecule has 0 saturated carbocycles. The molecule has 0 spiro atoms. The van der Waals surface area contributed by atoms with Gasteiger partial charge in [0.05, 0.1) is 11.0 Å². The van der Waals surface area contributed by atoms with E-state index in [1.807, 2.05) is 0 Å². The van der Waals surface area contributed by atoms with E-state index >= 15 is 0 Å². The third-order valence-corrected chi connectivity index (χ3v) is 5.44. The van der Waals surface area contributed by atoms with Gasteiger partial charge in [0, 0.05) is 29.5 Å². The molecule has 0 radical (unpaired) electrons. The van der Waals surface area contributed by atoms with Crippen LogP contribution in [0.1, 0.15) is 24.0 Å². The molecule has 0 unspecified atom stereocenters. The first-order chi connectivity index (χ1) is 13.4. The van der Waals surface area contributed by atoms with Crippen molar-refractivity contribution >= 4 is 39.6 Å². The number of aromatic nitrogens is 1. The largest absolute Gasteiger partial charge is 0.372 e. The van der Waals surface area contributed by atoms with Crippen LogP contribution in [0.2, 0.25) is 0 Å². The third-order valence-electron chi connectivity index (χ3n) is 5.44. The van der Waals surface area contributed by atoms with Crippen LogP contribution >= 0.6 is 0 Å². The molecule has 2 nitrogen and oxygen atoms in total. The maximum atomic E-state index is 4.81. The molecule has 27 heavy (non-hydrogen) atoms. The molecule has 1 aliphatic heterocycles. The zero-order chi connectivity index (χ0) is 18.1. The highest BCUT2D eigenvalue weighted by Crippen LogP contribution is 2.28. The lowest BCUT2D eigenvalue weighted by Gasteiger charge is -2.17. The van der Waals surface area contributed by atoms with Gasteiger partial charge in [-0.15, -0.1) is 0 Å². The number of benzene rings is 3. The van der Waals surface area contributed by atoms with Crippen LogP contribution in [-0.4, -0.2) is 18.1 Å². The van der Waals surface area contributed by atoms with Crippen LogP contribution in [0.4, 0.5) is 5.69 Å². The fraction of sp³-hybridized carbons (Fsp3) is 0.160. The molecule has 5 rings (SSSR count). The summed E-state index contributed by atoms with van der Waals surface area (Å²) in [5.41, 5.74) is 5.88. The Morgan fingerprint density at radius 2 is 1.26 bits per heavy atom. The molecule has 1 aromatic heterocycles. The zero-order valence-corrected chi connectivity index (χ0v) is 15.3. The Balaban J connectivity index is 1.54. The van der Waals surface area contributed by atoms with Crippen LogP contribution < -0.4 is 4.90 Å². The number of pyridine rings is 1. The fourth-order valence-corrected chi connectivity index (χ4v) is 4.00. The summed E-state index contributed by atoms with van der Waals surface area (Å²) in [6.07, 6.45) is 7.06. The highest BCUT2D eigenvalue weighted by atomic mass is 15.1. The topological polar surface area (TPSA) is 16.1 Å². The van der Waals surface area contributed by atoms with Crippen LogP contribution in [-0.2, 0) is 0 Å². The standard InChI is InChI=1S/C25H22N2/c1-3-9-24-22(7-1)21(23-8-2-4-10-25(23)26-24)16-13-19-11-14-20(15-12-19)27-17-5-6-18-27/h1-4,7-16H,5-6,17-18H2/b16-13+. The second kappa shape index (κ2) is 6.88. The molecule has 0 atom stereocenters. The van der Waals surface area contributed by atoms with Crippen LogP contribution in [0.25, 0.3) is 34.0 Å². The maximum Gasteiger partial charge on any atom is 0.0715 e. The van der Waals surface area contributed by atoms with Gasteiger partial charge < -0.3 is 4.90 Å². The highest BCUT2D eigenvalue weighted by Gasteiger charge is 2.11. The molecule has 1 saturated heterocycles. The summed E-state index contributed by atoms with van der Waals surface area (Å²) in [6.45, 7) is 2.37. The van der Waals surface area contributed by atoms with Gasteiger partial charge in [-0.1, -0.05) is 60.7 Å². The normalized spacial score (nSPS) is 14.6. The summed E-state index contributed by atoms with van der Waals surface area (Å²) < 4.78 is 0. The molecular formula is C25H22N2. The predicted octanol–water partition coefficient (Wildman–Crippen LogP) is 6.16. The van der Waals surface area contributed by atoms with E-state index in [1.54, 1.807) is 0 Å². The van der Waals surface area contributed by atoms with Gasteiger partial charge >= 0.3 is 0 Å². The van der Waals surface area contributed by atoms with E-state index in [4.69, 9.17) is 4.98 Å². The maximum absolute atomic E-state index is 4.81. The summed E-state index contributed by atoms with van der Waals surface area (Å²) in [6, 6.07) is 25.7. The van der Waals surface area contributed by atoms with Crippen LogP contribution in [0, 0.1) is 0 Å². The van der Waals surface area contributed by atoms with Gasteiger partial charge in [0.25, 0.3) is 0 Å². The number of hydrogen-bond acceptors (Lipinski definition) is 2.